The Bertz CT molecular complexity index is 418. The Morgan fingerprint density at radius 3 is 2.33 bits per heavy atom. The summed E-state index contributed by atoms with van der Waals surface area (Å²) < 4.78 is 0. The number of likely N-dealkylation sites (N-methyl/N-ethyl adjacent to an activating group) is 1. The molecule has 1 heterocycles. The van der Waals surface area contributed by atoms with E-state index >= 15 is 0 Å². The number of benzene rings is 1. The molecule has 1 fully saturated rings. The van der Waals surface area contributed by atoms with Crippen molar-refractivity contribution in [1.29, 1.82) is 0 Å². The summed E-state index contributed by atoms with van der Waals surface area (Å²) >= 11 is 0. The quantitative estimate of drug-likeness (QED) is 0.838. The smallest absolute Gasteiger partial charge is 0.0307 e. The van der Waals surface area contributed by atoms with E-state index in [1.165, 1.54) is 49.2 Å². The lowest BCUT2D eigenvalue weighted by molar-refractivity contribution is 0.251. The predicted octanol–water partition coefficient (Wildman–Crippen LogP) is 2.72. The lowest BCUT2D eigenvalue weighted by atomic mass is 10.00. The zero-order valence-electron chi connectivity index (χ0n) is 13.9. The van der Waals surface area contributed by atoms with Gasteiger partial charge in [-0.25, -0.2) is 0 Å². The summed E-state index contributed by atoms with van der Waals surface area (Å²) in [7, 11) is 2.21. The summed E-state index contributed by atoms with van der Waals surface area (Å²) in [6.45, 7) is 10.3. The van der Waals surface area contributed by atoms with Crippen LogP contribution in [0.25, 0.3) is 0 Å². The van der Waals surface area contributed by atoms with E-state index in [-0.39, 0.29) is 6.04 Å². The van der Waals surface area contributed by atoms with Crippen molar-refractivity contribution in [3.63, 3.8) is 0 Å². The first-order valence-electron chi connectivity index (χ1n) is 8.29. The van der Waals surface area contributed by atoms with Gasteiger partial charge in [-0.05, 0) is 65.4 Å². The zero-order valence-corrected chi connectivity index (χ0v) is 13.9. The van der Waals surface area contributed by atoms with Gasteiger partial charge in [0.1, 0.15) is 0 Å². The van der Waals surface area contributed by atoms with Crippen molar-refractivity contribution in [2.75, 3.05) is 39.8 Å². The van der Waals surface area contributed by atoms with Gasteiger partial charge in [0.25, 0.3) is 0 Å². The van der Waals surface area contributed by atoms with E-state index in [0.29, 0.717) is 0 Å². The minimum Gasteiger partial charge on any atom is -0.324 e. The number of aryl methyl sites for hydroxylation is 2. The van der Waals surface area contributed by atoms with Crippen molar-refractivity contribution in [1.82, 2.24) is 9.80 Å². The van der Waals surface area contributed by atoms with Crippen molar-refractivity contribution in [2.24, 2.45) is 5.73 Å². The average Bonchev–Trinajstić information content (AvgIpc) is 2.94. The molecular formula is C18H31N3. The Labute approximate surface area is 130 Å². The molecule has 0 aliphatic carbocycles. The topological polar surface area (TPSA) is 32.5 Å². The highest BCUT2D eigenvalue weighted by molar-refractivity contribution is 5.30. The molecular weight excluding hydrogens is 258 g/mol. The average molecular weight is 289 g/mol. The number of likely N-dealkylation sites (tertiary alicyclic amines) is 1. The third-order valence-corrected chi connectivity index (χ3v) is 4.49. The summed E-state index contributed by atoms with van der Waals surface area (Å²) in [4.78, 5) is 4.99. The van der Waals surface area contributed by atoms with E-state index < -0.39 is 0 Å². The maximum atomic E-state index is 6.36. The summed E-state index contributed by atoms with van der Waals surface area (Å²) in [6, 6.07) is 6.81. The van der Waals surface area contributed by atoms with Gasteiger partial charge in [0.2, 0.25) is 0 Å². The Kier molecular flexibility index (Phi) is 6.22. The fraction of sp³-hybridized carbons (Fsp3) is 0.667. The highest BCUT2D eigenvalue weighted by atomic mass is 15.2. The molecule has 2 N–H and O–H groups in total. The normalized spacial score (nSPS) is 17.6. The molecule has 118 valence electrons. The molecule has 2 rings (SSSR count). The Morgan fingerprint density at radius 1 is 1.10 bits per heavy atom. The summed E-state index contributed by atoms with van der Waals surface area (Å²) in [5, 5.41) is 0. The van der Waals surface area contributed by atoms with E-state index in [0.717, 1.165) is 19.5 Å². The van der Waals surface area contributed by atoms with Crippen LogP contribution in [0, 0.1) is 13.8 Å². The van der Waals surface area contributed by atoms with Crippen LogP contribution < -0.4 is 5.73 Å². The molecule has 0 spiro atoms. The third kappa shape index (κ3) is 5.42. The second-order valence-corrected chi connectivity index (χ2v) is 6.67. The summed E-state index contributed by atoms with van der Waals surface area (Å²) in [5.41, 5.74) is 10.3. The van der Waals surface area contributed by atoms with Gasteiger partial charge in [-0.1, -0.05) is 29.3 Å². The number of hydrogen-bond acceptors (Lipinski definition) is 3. The van der Waals surface area contributed by atoms with Crippen molar-refractivity contribution >= 4 is 0 Å². The van der Waals surface area contributed by atoms with Crippen molar-refractivity contribution in [2.45, 2.75) is 39.2 Å². The van der Waals surface area contributed by atoms with Gasteiger partial charge in [0, 0.05) is 19.1 Å². The molecule has 1 aromatic carbocycles. The molecule has 1 aromatic rings. The van der Waals surface area contributed by atoms with Crippen LogP contribution in [0.2, 0.25) is 0 Å². The number of nitrogens with zero attached hydrogens (tertiary/aromatic N) is 2. The molecule has 0 aromatic heterocycles. The lowest BCUT2D eigenvalue weighted by Crippen LogP contribution is -2.33. The maximum absolute atomic E-state index is 6.36. The van der Waals surface area contributed by atoms with Crippen LogP contribution in [0.15, 0.2) is 18.2 Å². The first-order chi connectivity index (χ1) is 10.0. The molecule has 1 aliphatic heterocycles. The number of rotatable bonds is 7. The highest BCUT2D eigenvalue weighted by Gasteiger charge is 2.13. The molecule has 1 unspecified atom stereocenters. The maximum Gasteiger partial charge on any atom is 0.0307 e. The van der Waals surface area contributed by atoms with Gasteiger partial charge in [-0.2, -0.15) is 0 Å². The molecule has 3 nitrogen and oxygen atoms in total. The number of nitrogens with two attached hydrogens (primary N) is 1. The minimum absolute atomic E-state index is 0.151. The van der Waals surface area contributed by atoms with Crippen LogP contribution >= 0.6 is 0 Å². The van der Waals surface area contributed by atoms with Crippen molar-refractivity contribution in [3.05, 3.63) is 34.9 Å². The Morgan fingerprint density at radius 2 is 1.71 bits per heavy atom. The van der Waals surface area contributed by atoms with Gasteiger partial charge in [0.15, 0.2) is 0 Å². The van der Waals surface area contributed by atoms with Gasteiger partial charge in [0.05, 0.1) is 0 Å². The molecule has 1 atom stereocenters. The van der Waals surface area contributed by atoms with Crippen molar-refractivity contribution in [3.8, 4) is 0 Å². The van der Waals surface area contributed by atoms with E-state index in [1.807, 2.05) is 0 Å². The van der Waals surface area contributed by atoms with E-state index in [9.17, 15) is 0 Å². The highest BCUT2D eigenvalue weighted by Crippen LogP contribution is 2.18. The molecule has 0 radical (unpaired) electrons. The third-order valence-electron chi connectivity index (χ3n) is 4.49. The Balaban J connectivity index is 1.73. The lowest BCUT2D eigenvalue weighted by Gasteiger charge is -2.23. The minimum atomic E-state index is 0.151. The molecule has 3 heteroatoms. The zero-order chi connectivity index (χ0) is 15.2. The van der Waals surface area contributed by atoms with Crippen LogP contribution in [0.1, 0.15) is 42.0 Å². The van der Waals surface area contributed by atoms with Crippen LogP contribution in [0.4, 0.5) is 0 Å². The fourth-order valence-corrected chi connectivity index (χ4v) is 3.18. The first kappa shape index (κ1) is 16.5. The van der Waals surface area contributed by atoms with E-state index in [1.54, 1.807) is 0 Å². The largest absolute Gasteiger partial charge is 0.324 e. The molecule has 0 amide bonds. The van der Waals surface area contributed by atoms with Gasteiger partial charge >= 0.3 is 0 Å². The predicted molar refractivity (Wildman–Crippen MR) is 90.6 cm³/mol. The van der Waals surface area contributed by atoms with Crippen LogP contribution in [-0.4, -0.2) is 49.6 Å². The number of hydrogen-bond donors (Lipinski definition) is 1. The van der Waals surface area contributed by atoms with Crippen molar-refractivity contribution < 1.29 is 0 Å². The monoisotopic (exact) mass is 289 g/mol. The SMILES string of the molecule is Cc1cc(C)cc(C(N)CCN(C)CCN2CCCC2)c1. The summed E-state index contributed by atoms with van der Waals surface area (Å²) in [5.74, 6) is 0. The second-order valence-electron chi connectivity index (χ2n) is 6.67. The molecule has 0 saturated carbocycles. The molecule has 21 heavy (non-hydrogen) atoms. The van der Waals surface area contributed by atoms with Crippen LogP contribution in [-0.2, 0) is 0 Å². The van der Waals surface area contributed by atoms with Gasteiger partial charge < -0.3 is 15.5 Å². The van der Waals surface area contributed by atoms with Crippen LogP contribution in [0.5, 0.6) is 0 Å². The Hall–Kier alpha value is -0.900. The molecule has 0 bridgehead atoms. The molecule has 1 saturated heterocycles. The van der Waals surface area contributed by atoms with E-state index in [4.69, 9.17) is 5.73 Å². The van der Waals surface area contributed by atoms with E-state index in [2.05, 4.69) is 48.9 Å². The fourth-order valence-electron chi connectivity index (χ4n) is 3.18. The van der Waals surface area contributed by atoms with Crippen LogP contribution in [0.3, 0.4) is 0 Å². The second kappa shape index (κ2) is 7.92. The van der Waals surface area contributed by atoms with Gasteiger partial charge in [-0.3, -0.25) is 0 Å². The van der Waals surface area contributed by atoms with Gasteiger partial charge in [-0.15, -0.1) is 0 Å². The standard InChI is InChI=1S/C18H31N3/c1-15-12-16(2)14-17(13-15)18(19)6-9-20(3)10-11-21-7-4-5-8-21/h12-14,18H,4-11,19H2,1-3H3. The first-order valence-corrected chi connectivity index (χ1v) is 8.29. The summed E-state index contributed by atoms with van der Waals surface area (Å²) in [6.07, 6.45) is 3.78. The molecule has 1 aliphatic rings.